The van der Waals surface area contributed by atoms with Crippen LogP contribution in [0.4, 0.5) is 4.39 Å². The van der Waals surface area contributed by atoms with Gasteiger partial charge in [0, 0.05) is 9.92 Å². The third-order valence-corrected chi connectivity index (χ3v) is 4.03. The minimum atomic E-state index is -1.28. The summed E-state index contributed by atoms with van der Waals surface area (Å²) in [6, 6.07) is 13.0. The topological polar surface area (TPSA) is 17.1 Å². The summed E-state index contributed by atoms with van der Waals surface area (Å²) in [6.07, 6.45) is 0. The molecule has 1 nitrogen and oxygen atoms in total. The Morgan fingerprint density at radius 3 is 2.59 bits per heavy atom. The molecule has 0 aliphatic heterocycles. The Morgan fingerprint density at radius 1 is 1.12 bits per heavy atom. The van der Waals surface area contributed by atoms with Crippen molar-refractivity contribution in [3.63, 3.8) is 0 Å². The van der Waals surface area contributed by atoms with Crippen LogP contribution in [0.5, 0.6) is 0 Å². The molecule has 17 heavy (non-hydrogen) atoms. The first-order valence-electron chi connectivity index (χ1n) is 5.04. The van der Waals surface area contributed by atoms with Crippen molar-refractivity contribution >= 4 is 22.4 Å². The van der Waals surface area contributed by atoms with E-state index < -0.39 is 10.8 Å². The second-order valence-electron chi connectivity index (χ2n) is 3.54. The monoisotopic (exact) mass is 268 g/mol. The average Bonchev–Trinajstić information content (AvgIpc) is 2.32. The van der Waals surface area contributed by atoms with Gasteiger partial charge in [-0.3, -0.25) is 4.21 Å². The molecule has 0 bridgehead atoms. The minimum Gasteiger partial charge on any atom is -0.254 e. The van der Waals surface area contributed by atoms with E-state index in [4.69, 9.17) is 11.6 Å². The van der Waals surface area contributed by atoms with Gasteiger partial charge >= 0.3 is 0 Å². The van der Waals surface area contributed by atoms with Gasteiger partial charge in [0.2, 0.25) is 0 Å². The summed E-state index contributed by atoms with van der Waals surface area (Å²) < 4.78 is 25.0. The van der Waals surface area contributed by atoms with Crippen molar-refractivity contribution in [2.45, 2.75) is 10.6 Å². The maximum atomic E-state index is 13.0. The molecular weight excluding hydrogens is 259 g/mol. The predicted molar refractivity (Wildman–Crippen MR) is 68.0 cm³/mol. The highest BCUT2D eigenvalue weighted by Crippen LogP contribution is 2.19. The SMILES string of the molecule is O=S(Cc1ccccc1Cl)c1cccc(F)c1. The van der Waals surface area contributed by atoms with Gasteiger partial charge in [0.15, 0.2) is 0 Å². The number of hydrogen-bond donors (Lipinski definition) is 0. The smallest absolute Gasteiger partial charge is 0.124 e. The average molecular weight is 269 g/mol. The molecule has 0 aliphatic carbocycles. The summed E-state index contributed by atoms with van der Waals surface area (Å²) in [5, 5.41) is 0.581. The molecule has 1 atom stereocenters. The standard InChI is InChI=1S/C13H10ClFOS/c14-13-7-2-1-4-10(13)9-17(16)12-6-3-5-11(15)8-12/h1-8H,9H2. The molecule has 2 aromatic rings. The molecule has 2 rings (SSSR count). The zero-order chi connectivity index (χ0) is 12.3. The minimum absolute atomic E-state index is 0.295. The van der Waals surface area contributed by atoms with Gasteiger partial charge in [-0.25, -0.2) is 4.39 Å². The van der Waals surface area contributed by atoms with Gasteiger partial charge in [0.25, 0.3) is 0 Å². The van der Waals surface area contributed by atoms with Crippen LogP contribution in [-0.4, -0.2) is 4.21 Å². The fourth-order valence-electron chi connectivity index (χ4n) is 1.45. The van der Waals surface area contributed by atoms with Crippen LogP contribution in [0.15, 0.2) is 53.4 Å². The van der Waals surface area contributed by atoms with E-state index in [2.05, 4.69) is 0 Å². The van der Waals surface area contributed by atoms with Crippen LogP contribution < -0.4 is 0 Å². The third kappa shape index (κ3) is 3.14. The highest BCUT2D eigenvalue weighted by molar-refractivity contribution is 7.84. The van der Waals surface area contributed by atoms with Crippen LogP contribution in [0.2, 0.25) is 5.02 Å². The van der Waals surface area contributed by atoms with Crippen LogP contribution in [0.25, 0.3) is 0 Å². The van der Waals surface area contributed by atoms with Gasteiger partial charge in [-0.1, -0.05) is 35.9 Å². The van der Waals surface area contributed by atoms with E-state index in [0.717, 1.165) is 5.56 Å². The van der Waals surface area contributed by atoms with Crippen LogP contribution >= 0.6 is 11.6 Å². The van der Waals surface area contributed by atoms with Gasteiger partial charge in [0.1, 0.15) is 5.82 Å². The zero-order valence-electron chi connectivity index (χ0n) is 8.90. The molecule has 0 saturated heterocycles. The molecule has 0 amide bonds. The van der Waals surface area contributed by atoms with Gasteiger partial charge in [-0.2, -0.15) is 0 Å². The third-order valence-electron chi connectivity index (χ3n) is 2.30. The van der Waals surface area contributed by atoms with Crippen molar-refractivity contribution in [1.29, 1.82) is 0 Å². The summed E-state index contributed by atoms with van der Waals surface area (Å²) in [5.74, 6) is -0.0849. The second-order valence-corrected chi connectivity index (χ2v) is 5.40. The first kappa shape index (κ1) is 12.3. The number of hydrogen-bond acceptors (Lipinski definition) is 1. The quantitative estimate of drug-likeness (QED) is 0.828. The van der Waals surface area contributed by atoms with E-state index in [1.807, 2.05) is 18.2 Å². The van der Waals surface area contributed by atoms with Crippen molar-refractivity contribution in [2.75, 3.05) is 0 Å². The Balaban J connectivity index is 2.20. The molecule has 0 aromatic heterocycles. The van der Waals surface area contributed by atoms with Crippen molar-refractivity contribution in [3.05, 3.63) is 64.9 Å². The van der Waals surface area contributed by atoms with Crippen molar-refractivity contribution in [1.82, 2.24) is 0 Å². The Bertz CT molecular complexity index is 557. The van der Waals surface area contributed by atoms with Gasteiger partial charge < -0.3 is 0 Å². The maximum Gasteiger partial charge on any atom is 0.124 e. The Labute approximate surface area is 107 Å². The maximum absolute atomic E-state index is 13.0. The number of benzene rings is 2. The number of rotatable bonds is 3. The number of halogens is 2. The molecule has 0 heterocycles. The molecule has 0 spiro atoms. The lowest BCUT2D eigenvalue weighted by molar-refractivity contribution is 0.622. The Kier molecular flexibility index (Phi) is 3.92. The lowest BCUT2D eigenvalue weighted by atomic mass is 10.2. The summed E-state index contributed by atoms with van der Waals surface area (Å²) in [6.45, 7) is 0. The molecular formula is C13H10ClFOS. The highest BCUT2D eigenvalue weighted by atomic mass is 35.5. The molecule has 88 valence electrons. The molecule has 1 unspecified atom stereocenters. The lowest BCUT2D eigenvalue weighted by Crippen LogP contribution is -1.97. The summed E-state index contributed by atoms with van der Waals surface area (Å²) in [7, 11) is -1.28. The Hall–Kier alpha value is -1.19. The zero-order valence-corrected chi connectivity index (χ0v) is 10.5. The molecule has 0 radical (unpaired) electrons. The summed E-state index contributed by atoms with van der Waals surface area (Å²) in [5.41, 5.74) is 0.803. The van der Waals surface area contributed by atoms with E-state index >= 15 is 0 Å². The van der Waals surface area contributed by atoms with E-state index in [1.54, 1.807) is 18.2 Å². The van der Waals surface area contributed by atoms with Crippen LogP contribution in [0.1, 0.15) is 5.56 Å². The fraction of sp³-hybridized carbons (Fsp3) is 0.0769. The van der Waals surface area contributed by atoms with Gasteiger partial charge in [-0.05, 0) is 29.8 Å². The lowest BCUT2D eigenvalue weighted by Gasteiger charge is -2.04. The largest absolute Gasteiger partial charge is 0.254 e. The molecule has 0 saturated carbocycles. The van der Waals surface area contributed by atoms with E-state index in [9.17, 15) is 8.60 Å². The van der Waals surface area contributed by atoms with Gasteiger partial charge in [0.05, 0.1) is 16.6 Å². The van der Waals surface area contributed by atoms with Gasteiger partial charge in [-0.15, -0.1) is 0 Å². The fourth-order valence-corrected chi connectivity index (χ4v) is 2.91. The van der Waals surface area contributed by atoms with Crippen molar-refractivity contribution in [2.24, 2.45) is 0 Å². The van der Waals surface area contributed by atoms with Crippen molar-refractivity contribution in [3.8, 4) is 0 Å². The van der Waals surface area contributed by atoms with Crippen LogP contribution in [0.3, 0.4) is 0 Å². The predicted octanol–water partition coefficient (Wildman–Crippen LogP) is 3.79. The Morgan fingerprint density at radius 2 is 1.88 bits per heavy atom. The first-order valence-corrected chi connectivity index (χ1v) is 6.74. The normalized spacial score (nSPS) is 12.4. The van der Waals surface area contributed by atoms with E-state index in [1.165, 1.54) is 12.1 Å². The van der Waals surface area contributed by atoms with Crippen molar-refractivity contribution < 1.29 is 8.60 Å². The summed E-state index contributed by atoms with van der Waals surface area (Å²) in [4.78, 5) is 0.477. The molecule has 0 fully saturated rings. The van der Waals surface area contributed by atoms with Crippen LogP contribution in [0, 0.1) is 5.82 Å². The molecule has 4 heteroatoms. The van der Waals surface area contributed by atoms with E-state index in [-0.39, 0.29) is 5.82 Å². The first-order chi connectivity index (χ1) is 8.16. The summed E-state index contributed by atoms with van der Waals surface area (Å²) >= 11 is 5.98. The second kappa shape index (κ2) is 5.43. The van der Waals surface area contributed by atoms with E-state index in [0.29, 0.717) is 15.7 Å². The molecule has 0 N–H and O–H groups in total. The molecule has 0 aliphatic rings. The highest BCUT2D eigenvalue weighted by Gasteiger charge is 2.08. The molecule has 2 aromatic carbocycles. The van der Waals surface area contributed by atoms with Crippen LogP contribution in [-0.2, 0) is 16.6 Å².